The molecule has 1 atom stereocenters. The Bertz CT molecular complexity index is 337. The number of hydrogen-bond donors (Lipinski definition) is 4. The third-order valence-electron chi connectivity index (χ3n) is 3.80. The normalized spacial score (nSPS) is 25.9. The first-order valence-electron chi connectivity index (χ1n) is 6.80. The molecule has 0 aliphatic carbocycles. The molecule has 2 rings (SSSR count). The Kier molecular flexibility index (Phi) is 5.13. The van der Waals surface area contributed by atoms with Crippen LogP contribution in [-0.4, -0.2) is 56.1 Å². The summed E-state index contributed by atoms with van der Waals surface area (Å²) in [5, 5.41) is 19.1. The Labute approximate surface area is 108 Å². The molecule has 0 radical (unpaired) electrons. The van der Waals surface area contributed by atoms with E-state index in [1.165, 1.54) is 9.80 Å². The molecule has 1 aliphatic heterocycles. The maximum atomic E-state index is 10.2. The van der Waals surface area contributed by atoms with Crippen molar-refractivity contribution in [2.24, 2.45) is 0 Å². The highest BCUT2D eigenvalue weighted by Crippen LogP contribution is 2.09. The minimum Gasteiger partial charge on any atom is -0.391 e. The number of quaternary nitrogens is 2. The van der Waals surface area contributed by atoms with Crippen molar-refractivity contribution in [2.75, 3.05) is 45.9 Å². The molecule has 100 valence electrons. The third kappa shape index (κ3) is 3.78. The minimum absolute atomic E-state index is 0.275. The molecule has 1 aromatic rings. The van der Waals surface area contributed by atoms with Crippen molar-refractivity contribution < 1.29 is 20.0 Å². The van der Waals surface area contributed by atoms with Gasteiger partial charge in [-0.3, -0.25) is 0 Å². The quantitative estimate of drug-likeness (QED) is 0.468. The summed E-state index contributed by atoms with van der Waals surface area (Å²) in [7, 11) is 0. The highest BCUT2D eigenvalue weighted by molar-refractivity contribution is 5.17. The summed E-state index contributed by atoms with van der Waals surface area (Å²) >= 11 is 0. The Morgan fingerprint density at radius 3 is 2.22 bits per heavy atom. The molecule has 4 N–H and O–H groups in total. The van der Waals surface area contributed by atoms with Gasteiger partial charge in [0.25, 0.3) is 0 Å². The van der Waals surface area contributed by atoms with Gasteiger partial charge >= 0.3 is 0 Å². The summed E-state index contributed by atoms with van der Waals surface area (Å²) in [4.78, 5) is 2.95. The third-order valence-corrected chi connectivity index (χ3v) is 3.80. The number of benzene rings is 1. The van der Waals surface area contributed by atoms with E-state index in [1.54, 1.807) is 0 Å². The van der Waals surface area contributed by atoms with Crippen molar-refractivity contribution in [3.8, 4) is 0 Å². The summed E-state index contributed by atoms with van der Waals surface area (Å²) in [5.41, 5.74) is 1.01. The van der Waals surface area contributed by atoms with Crippen LogP contribution in [0.25, 0.3) is 0 Å². The van der Waals surface area contributed by atoms with Gasteiger partial charge in [-0.25, -0.2) is 0 Å². The predicted octanol–water partition coefficient (Wildman–Crippen LogP) is -2.50. The molecule has 0 amide bonds. The lowest BCUT2D eigenvalue weighted by Gasteiger charge is -2.30. The highest BCUT2D eigenvalue weighted by Gasteiger charge is 2.24. The highest BCUT2D eigenvalue weighted by atomic mass is 16.3. The Morgan fingerprint density at radius 1 is 1.00 bits per heavy atom. The van der Waals surface area contributed by atoms with Crippen LogP contribution in [0.15, 0.2) is 30.3 Å². The van der Waals surface area contributed by atoms with E-state index in [2.05, 4.69) is 0 Å². The van der Waals surface area contributed by atoms with Crippen molar-refractivity contribution in [1.29, 1.82) is 0 Å². The van der Waals surface area contributed by atoms with Gasteiger partial charge in [0.1, 0.15) is 45.4 Å². The van der Waals surface area contributed by atoms with Crippen LogP contribution in [0, 0.1) is 0 Å². The van der Waals surface area contributed by atoms with Crippen LogP contribution < -0.4 is 9.80 Å². The molecule has 0 saturated carbocycles. The molecular weight excluding hydrogens is 228 g/mol. The van der Waals surface area contributed by atoms with E-state index >= 15 is 0 Å². The number of rotatable bonds is 5. The summed E-state index contributed by atoms with van der Waals surface area (Å²) in [6.45, 7) is 6.27. The second kappa shape index (κ2) is 6.85. The van der Waals surface area contributed by atoms with E-state index in [-0.39, 0.29) is 12.7 Å². The zero-order valence-corrected chi connectivity index (χ0v) is 10.8. The average molecular weight is 252 g/mol. The van der Waals surface area contributed by atoms with Gasteiger partial charge in [-0.15, -0.1) is 0 Å². The van der Waals surface area contributed by atoms with E-state index in [4.69, 9.17) is 5.11 Å². The lowest BCUT2D eigenvalue weighted by molar-refractivity contribution is -1.01. The van der Waals surface area contributed by atoms with Gasteiger partial charge in [0.2, 0.25) is 0 Å². The summed E-state index contributed by atoms with van der Waals surface area (Å²) in [6.07, 6.45) is -0.361. The Morgan fingerprint density at radius 2 is 1.61 bits per heavy atom. The number of nitrogens with one attached hydrogen (secondary N) is 2. The van der Waals surface area contributed by atoms with Gasteiger partial charge in [-0.05, 0) is 5.56 Å². The molecule has 1 fully saturated rings. The maximum absolute atomic E-state index is 10.2. The molecule has 1 aliphatic rings. The van der Waals surface area contributed by atoms with E-state index in [1.807, 2.05) is 30.3 Å². The largest absolute Gasteiger partial charge is 0.391 e. The van der Waals surface area contributed by atoms with Crippen molar-refractivity contribution in [3.05, 3.63) is 35.9 Å². The van der Waals surface area contributed by atoms with E-state index in [9.17, 15) is 5.11 Å². The smallest absolute Gasteiger partial charge is 0.128 e. The number of piperazine rings is 1. The van der Waals surface area contributed by atoms with Gasteiger partial charge in [0, 0.05) is 0 Å². The van der Waals surface area contributed by atoms with Crippen molar-refractivity contribution in [1.82, 2.24) is 0 Å². The molecule has 18 heavy (non-hydrogen) atoms. The number of aliphatic hydroxyl groups excluding tert-OH is 2. The van der Waals surface area contributed by atoms with Crippen LogP contribution in [0.4, 0.5) is 0 Å². The number of hydrogen-bond acceptors (Lipinski definition) is 2. The van der Waals surface area contributed by atoms with Crippen molar-refractivity contribution in [3.63, 3.8) is 0 Å². The number of aliphatic hydroxyl groups is 2. The second-order valence-electron chi connectivity index (χ2n) is 5.10. The monoisotopic (exact) mass is 252 g/mol. The van der Waals surface area contributed by atoms with Crippen LogP contribution in [0.5, 0.6) is 0 Å². The summed E-state index contributed by atoms with van der Waals surface area (Å²) < 4.78 is 0. The van der Waals surface area contributed by atoms with Crippen LogP contribution in [0.1, 0.15) is 11.7 Å². The lowest BCUT2D eigenvalue weighted by atomic mass is 10.1. The average Bonchev–Trinajstić information content (AvgIpc) is 2.42. The zero-order valence-electron chi connectivity index (χ0n) is 10.8. The standard InChI is InChI=1S/C14H22N2O2/c17-11-10-15-6-8-16(9-7-15)12-14(18)13-4-2-1-3-5-13/h1-5,14,17-18H,6-12H2/p+2/t14-/m0/s1. The van der Waals surface area contributed by atoms with Crippen molar-refractivity contribution >= 4 is 0 Å². The van der Waals surface area contributed by atoms with Gasteiger partial charge in [0.15, 0.2) is 0 Å². The molecule has 4 heteroatoms. The topological polar surface area (TPSA) is 49.3 Å². The molecule has 0 spiro atoms. The molecule has 1 saturated heterocycles. The van der Waals surface area contributed by atoms with E-state index in [0.29, 0.717) is 0 Å². The van der Waals surface area contributed by atoms with Crippen LogP contribution in [0.3, 0.4) is 0 Å². The Hall–Kier alpha value is -0.940. The first kappa shape index (κ1) is 13.5. The fourth-order valence-electron chi connectivity index (χ4n) is 2.64. The fourth-order valence-corrected chi connectivity index (χ4v) is 2.64. The first-order chi connectivity index (χ1) is 8.79. The minimum atomic E-state index is -0.361. The van der Waals surface area contributed by atoms with Crippen molar-refractivity contribution in [2.45, 2.75) is 6.10 Å². The molecule has 0 unspecified atom stereocenters. The summed E-state index contributed by atoms with van der Waals surface area (Å²) in [5.74, 6) is 0. The molecule has 0 bridgehead atoms. The molecule has 1 heterocycles. The molecule has 1 aromatic carbocycles. The van der Waals surface area contributed by atoms with E-state index in [0.717, 1.165) is 44.8 Å². The van der Waals surface area contributed by atoms with Crippen LogP contribution >= 0.6 is 0 Å². The van der Waals surface area contributed by atoms with Crippen LogP contribution in [-0.2, 0) is 0 Å². The summed E-state index contributed by atoms with van der Waals surface area (Å²) in [6, 6.07) is 9.88. The Balaban J connectivity index is 1.78. The SMILES string of the molecule is OCC[NH+]1CC[NH+](C[C@H](O)c2ccccc2)CC1. The molecule has 4 nitrogen and oxygen atoms in total. The maximum Gasteiger partial charge on any atom is 0.128 e. The zero-order chi connectivity index (χ0) is 12.8. The van der Waals surface area contributed by atoms with Gasteiger partial charge in [0.05, 0.1) is 6.61 Å². The fraction of sp³-hybridized carbons (Fsp3) is 0.571. The second-order valence-corrected chi connectivity index (χ2v) is 5.10. The van der Waals surface area contributed by atoms with Gasteiger partial charge in [-0.1, -0.05) is 30.3 Å². The first-order valence-corrected chi connectivity index (χ1v) is 6.80. The van der Waals surface area contributed by atoms with E-state index < -0.39 is 0 Å². The molecular formula is C14H24N2O2+2. The van der Waals surface area contributed by atoms with Gasteiger partial charge in [-0.2, -0.15) is 0 Å². The lowest BCUT2D eigenvalue weighted by Crippen LogP contribution is -3.28. The predicted molar refractivity (Wildman–Crippen MR) is 69.6 cm³/mol. The van der Waals surface area contributed by atoms with Crippen LogP contribution in [0.2, 0.25) is 0 Å². The molecule has 0 aromatic heterocycles. The van der Waals surface area contributed by atoms with Gasteiger partial charge < -0.3 is 20.0 Å².